The summed E-state index contributed by atoms with van der Waals surface area (Å²) in [4.78, 5) is 11.3. The highest BCUT2D eigenvalue weighted by Crippen LogP contribution is 2.25. The number of carbonyl (C=O) groups is 1. The van der Waals surface area contributed by atoms with Gasteiger partial charge in [0, 0.05) is 5.38 Å². The third kappa shape index (κ3) is 4.06. The van der Waals surface area contributed by atoms with Gasteiger partial charge < -0.3 is 9.47 Å². The summed E-state index contributed by atoms with van der Waals surface area (Å²) in [5, 5.41) is 4.31. The maximum atomic E-state index is 11.3. The lowest BCUT2D eigenvalue weighted by Crippen LogP contribution is -2.18. The van der Waals surface area contributed by atoms with Gasteiger partial charge in [-0.15, -0.1) is 0 Å². The van der Waals surface area contributed by atoms with Crippen LogP contribution in [0.2, 0.25) is 0 Å². The van der Waals surface area contributed by atoms with E-state index >= 15 is 0 Å². The van der Waals surface area contributed by atoms with Crippen molar-refractivity contribution in [3.8, 4) is 5.88 Å². The second-order valence-corrected chi connectivity index (χ2v) is 4.09. The lowest BCUT2D eigenvalue weighted by Gasteiger charge is -2.09. The molecule has 1 amide bonds. The molecule has 0 radical (unpaired) electrons. The standard InChI is InChI=1S/C10H16N2O3S/c1-4-5-14-9-8(6-16-12-9)11-10(13)15-7(2)3/h6-7H,4-5H2,1-3H3,(H,11,13). The van der Waals surface area contributed by atoms with Crippen LogP contribution in [0.25, 0.3) is 0 Å². The molecule has 16 heavy (non-hydrogen) atoms. The van der Waals surface area contributed by atoms with Crippen LogP contribution in [-0.2, 0) is 4.74 Å². The van der Waals surface area contributed by atoms with Gasteiger partial charge in [0.1, 0.15) is 5.69 Å². The molecule has 0 aliphatic carbocycles. The van der Waals surface area contributed by atoms with E-state index in [1.165, 1.54) is 11.5 Å². The molecule has 5 nitrogen and oxygen atoms in total. The number of rotatable bonds is 5. The van der Waals surface area contributed by atoms with Crippen LogP contribution in [0.5, 0.6) is 5.88 Å². The Labute approximate surface area is 98.9 Å². The van der Waals surface area contributed by atoms with Crippen molar-refractivity contribution in [2.45, 2.75) is 33.3 Å². The van der Waals surface area contributed by atoms with Crippen LogP contribution in [0.1, 0.15) is 27.2 Å². The number of ether oxygens (including phenoxy) is 2. The Morgan fingerprint density at radius 3 is 3.00 bits per heavy atom. The number of anilines is 1. The Balaban J connectivity index is 2.52. The topological polar surface area (TPSA) is 60.5 Å². The maximum absolute atomic E-state index is 11.3. The van der Waals surface area contributed by atoms with Crippen molar-refractivity contribution < 1.29 is 14.3 Å². The van der Waals surface area contributed by atoms with E-state index in [9.17, 15) is 4.79 Å². The number of aromatic nitrogens is 1. The SMILES string of the molecule is CCCOc1nscc1NC(=O)OC(C)C. The van der Waals surface area contributed by atoms with Gasteiger partial charge in [-0.1, -0.05) is 6.92 Å². The normalized spacial score (nSPS) is 10.2. The first kappa shape index (κ1) is 12.8. The number of carbonyl (C=O) groups excluding carboxylic acids is 1. The molecule has 1 heterocycles. The summed E-state index contributed by atoms with van der Waals surface area (Å²) >= 11 is 1.23. The zero-order valence-corrected chi connectivity index (χ0v) is 10.5. The summed E-state index contributed by atoms with van der Waals surface area (Å²) in [5.74, 6) is 0.451. The molecular formula is C10H16N2O3S. The van der Waals surface area contributed by atoms with Gasteiger partial charge in [0.05, 0.1) is 12.7 Å². The molecule has 1 aromatic heterocycles. The smallest absolute Gasteiger partial charge is 0.412 e. The van der Waals surface area contributed by atoms with Gasteiger partial charge >= 0.3 is 6.09 Å². The van der Waals surface area contributed by atoms with Gasteiger partial charge in [0.25, 0.3) is 0 Å². The first-order valence-electron chi connectivity index (χ1n) is 5.18. The van der Waals surface area contributed by atoms with Crippen molar-refractivity contribution >= 4 is 23.3 Å². The van der Waals surface area contributed by atoms with Crippen molar-refractivity contribution in [2.24, 2.45) is 0 Å². The highest BCUT2D eigenvalue weighted by Gasteiger charge is 2.12. The zero-order chi connectivity index (χ0) is 12.0. The van der Waals surface area contributed by atoms with E-state index in [0.717, 1.165) is 6.42 Å². The minimum Gasteiger partial charge on any atom is -0.476 e. The molecule has 0 spiro atoms. The van der Waals surface area contributed by atoms with Crippen molar-refractivity contribution in [1.29, 1.82) is 0 Å². The molecule has 0 saturated carbocycles. The number of hydrogen-bond donors (Lipinski definition) is 1. The molecule has 0 aromatic carbocycles. The summed E-state index contributed by atoms with van der Waals surface area (Å²) in [7, 11) is 0. The molecule has 0 aliphatic rings. The van der Waals surface area contributed by atoms with E-state index in [1.807, 2.05) is 6.92 Å². The summed E-state index contributed by atoms with van der Waals surface area (Å²) in [6.07, 6.45) is 0.260. The molecule has 0 unspecified atom stereocenters. The molecule has 0 atom stereocenters. The highest BCUT2D eigenvalue weighted by molar-refractivity contribution is 7.04. The fourth-order valence-corrected chi connectivity index (χ4v) is 1.53. The van der Waals surface area contributed by atoms with Gasteiger partial charge in [-0.3, -0.25) is 5.32 Å². The Kier molecular flexibility index (Phi) is 5.04. The van der Waals surface area contributed by atoms with Crippen molar-refractivity contribution in [1.82, 2.24) is 4.37 Å². The summed E-state index contributed by atoms with van der Waals surface area (Å²) < 4.78 is 14.4. The Bertz CT molecular complexity index is 339. The van der Waals surface area contributed by atoms with E-state index in [2.05, 4.69) is 9.69 Å². The van der Waals surface area contributed by atoms with Crippen molar-refractivity contribution in [3.63, 3.8) is 0 Å². The average molecular weight is 244 g/mol. The largest absolute Gasteiger partial charge is 0.476 e. The minimum atomic E-state index is -0.489. The molecule has 90 valence electrons. The zero-order valence-electron chi connectivity index (χ0n) is 9.65. The van der Waals surface area contributed by atoms with E-state index in [4.69, 9.17) is 9.47 Å². The third-order valence-electron chi connectivity index (χ3n) is 1.56. The number of nitrogens with one attached hydrogen (secondary N) is 1. The Morgan fingerprint density at radius 1 is 1.62 bits per heavy atom. The Morgan fingerprint density at radius 2 is 2.38 bits per heavy atom. The second kappa shape index (κ2) is 6.32. The van der Waals surface area contributed by atoms with Crippen molar-refractivity contribution in [2.75, 3.05) is 11.9 Å². The molecule has 1 N–H and O–H groups in total. The molecule has 0 bridgehead atoms. The van der Waals surface area contributed by atoms with Gasteiger partial charge in [-0.05, 0) is 31.8 Å². The molecular weight excluding hydrogens is 228 g/mol. The first-order chi connectivity index (χ1) is 7.63. The fraction of sp³-hybridized carbons (Fsp3) is 0.600. The highest BCUT2D eigenvalue weighted by atomic mass is 32.1. The van der Waals surface area contributed by atoms with Crippen molar-refractivity contribution in [3.05, 3.63) is 5.38 Å². The van der Waals surface area contributed by atoms with Crippen LogP contribution < -0.4 is 10.1 Å². The summed E-state index contributed by atoms with van der Waals surface area (Å²) in [5.41, 5.74) is 0.559. The predicted molar refractivity (Wildman–Crippen MR) is 63.1 cm³/mol. The molecule has 1 aromatic rings. The third-order valence-corrected chi connectivity index (χ3v) is 2.17. The predicted octanol–water partition coefficient (Wildman–Crippen LogP) is 2.89. The van der Waals surface area contributed by atoms with E-state index < -0.39 is 6.09 Å². The molecule has 0 saturated heterocycles. The summed E-state index contributed by atoms with van der Waals surface area (Å²) in [6.45, 7) is 6.17. The molecule has 6 heteroatoms. The van der Waals surface area contributed by atoms with Crippen LogP contribution in [0.3, 0.4) is 0 Å². The number of nitrogens with zero attached hydrogens (tertiary/aromatic N) is 1. The monoisotopic (exact) mass is 244 g/mol. The Hall–Kier alpha value is -1.30. The van der Waals surface area contributed by atoms with E-state index in [1.54, 1.807) is 19.2 Å². The molecule has 1 rings (SSSR count). The van der Waals surface area contributed by atoms with E-state index in [-0.39, 0.29) is 6.10 Å². The maximum Gasteiger partial charge on any atom is 0.412 e. The van der Waals surface area contributed by atoms with Gasteiger partial charge in [0.15, 0.2) is 0 Å². The number of amides is 1. The van der Waals surface area contributed by atoms with Gasteiger partial charge in [0.2, 0.25) is 5.88 Å². The van der Waals surface area contributed by atoms with Crippen LogP contribution >= 0.6 is 11.5 Å². The minimum absolute atomic E-state index is 0.147. The van der Waals surface area contributed by atoms with Crippen LogP contribution in [-0.4, -0.2) is 23.2 Å². The number of hydrogen-bond acceptors (Lipinski definition) is 5. The molecule has 0 fully saturated rings. The molecule has 0 aliphatic heterocycles. The summed E-state index contributed by atoms with van der Waals surface area (Å²) in [6, 6.07) is 0. The van der Waals surface area contributed by atoms with Crippen LogP contribution in [0.15, 0.2) is 5.38 Å². The first-order valence-corrected chi connectivity index (χ1v) is 6.02. The van der Waals surface area contributed by atoms with E-state index in [0.29, 0.717) is 18.2 Å². The van der Waals surface area contributed by atoms with Crippen LogP contribution in [0, 0.1) is 0 Å². The van der Waals surface area contributed by atoms with Gasteiger partial charge in [-0.2, -0.15) is 4.37 Å². The quantitative estimate of drug-likeness (QED) is 0.865. The van der Waals surface area contributed by atoms with Crippen LogP contribution in [0.4, 0.5) is 10.5 Å². The average Bonchev–Trinajstić information content (AvgIpc) is 2.61. The lowest BCUT2D eigenvalue weighted by atomic mass is 10.5. The lowest BCUT2D eigenvalue weighted by molar-refractivity contribution is 0.130. The second-order valence-electron chi connectivity index (χ2n) is 3.46. The van der Waals surface area contributed by atoms with Gasteiger partial charge in [-0.25, -0.2) is 4.79 Å². The fourth-order valence-electron chi connectivity index (χ4n) is 0.966.